The number of hydrogen-bond donors (Lipinski definition) is 2. The number of Topliss-reactive ketones (excluding diaryl/α,β-unsaturated/α-hetero) is 1. The van der Waals surface area contributed by atoms with E-state index in [1.165, 1.54) is 11.3 Å². The van der Waals surface area contributed by atoms with E-state index in [-0.39, 0.29) is 30.4 Å². The normalized spacial score (nSPS) is 15.0. The van der Waals surface area contributed by atoms with Crippen molar-refractivity contribution >= 4 is 40.6 Å². The molecule has 2 aromatic carbocycles. The second kappa shape index (κ2) is 21.7. The van der Waals surface area contributed by atoms with Gasteiger partial charge in [-0.25, -0.2) is 14.6 Å². The van der Waals surface area contributed by atoms with Crippen LogP contribution in [0.2, 0.25) is 0 Å². The molecule has 1 fully saturated rings. The molecule has 2 N–H and O–H groups in total. The van der Waals surface area contributed by atoms with E-state index in [0.29, 0.717) is 70.7 Å². The van der Waals surface area contributed by atoms with E-state index in [9.17, 15) is 14.4 Å². The van der Waals surface area contributed by atoms with Crippen molar-refractivity contribution in [2.75, 3.05) is 39.9 Å². The third-order valence-corrected chi connectivity index (χ3v) is 11.5. The molecule has 3 amide bonds. The number of amides is 3. The molecule has 1 aliphatic rings. The average Bonchev–Trinajstić information content (AvgIpc) is 3.89. The molecule has 0 spiro atoms. The fourth-order valence-electron chi connectivity index (χ4n) is 6.55. The summed E-state index contributed by atoms with van der Waals surface area (Å²) in [5.41, 5.74) is 4.80. The van der Waals surface area contributed by atoms with Gasteiger partial charge >= 0.3 is 12.1 Å². The average molecular weight is 775 g/mol. The molecule has 290 valence electrons. The van der Waals surface area contributed by atoms with Crippen LogP contribution in [0.3, 0.4) is 0 Å². The van der Waals surface area contributed by atoms with Gasteiger partial charge in [-0.05, 0) is 49.1 Å². The molecule has 54 heavy (non-hydrogen) atoms. The minimum Gasteiger partial charge on any atom is -0.444 e. The lowest BCUT2D eigenvalue weighted by Gasteiger charge is -2.29. The van der Waals surface area contributed by atoms with Crippen LogP contribution in [0.25, 0.3) is 0 Å². The van der Waals surface area contributed by atoms with Gasteiger partial charge in [-0.15, -0.1) is 22.7 Å². The molecular weight excluding hydrogens is 721 g/mol. The van der Waals surface area contributed by atoms with Gasteiger partial charge in [-0.2, -0.15) is 0 Å². The van der Waals surface area contributed by atoms with Gasteiger partial charge in [-0.3, -0.25) is 14.7 Å². The lowest BCUT2D eigenvalue weighted by atomic mass is 9.86. The summed E-state index contributed by atoms with van der Waals surface area (Å²) in [5.74, 6) is 0.317. The van der Waals surface area contributed by atoms with Crippen molar-refractivity contribution in [3.05, 3.63) is 104 Å². The van der Waals surface area contributed by atoms with Gasteiger partial charge in [0.15, 0.2) is 5.78 Å². The maximum atomic E-state index is 14.3. The lowest BCUT2D eigenvalue weighted by Crippen LogP contribution is -2.49. The Morgan fingerprint density at radius 2 is 1.63 bits per heavy atom. The van der Waals surface area contributed by atoms with Crippen LogP contribution < -0.4 is 10.6 Å². The highest BCUT2D eigenvalue weighted by Crippen LogP contribution is 2.23. The summed E-state index contributed by atoms with van der Waals surface area (Å²) < 4.78 is 11.1. The number of benzene rings is 2. The van der Waals surface area contributed by atoms with Crippen LogP contribution in [-0.4, -0.2) is 89.7 Å². The van der Waals surface area contributed by atoms with Crippen LogP contribution in [-0.2, 0) is 40.3 Å². The minimum absolute atomic E-state index is 0.0122. The Morgan fingerprint density at radius 1 is 0.926 bits per heavy atom. The first kappa shape index (κ1) is 41.0. The third-order valence-electron chi connectivity index (χ3n) is 9.59. The van der Waals surface area contributed by atoms with Crippen LogP contribution in [0.15, 0.2) is 77.8 Å². The van der Waals surface area contributed by atoms with Crippen molar-refractivity contribution in [1.82, 2.24) is 30.4 Å². The van der Waals surface area contributed by atoms with Crippen LogP contribution in [0.4, 0.5) is 9.59 Å². The monoisotopic (exact) mass is 774 g/mol. The summed E-state index contributed by atoms with van der Waals surface area (Å²) in [6.45, 7) is 8.34. The van der Waals surface area contributed by atoms with Gasteiger partial charge < -0.3 is 25.0 Å². The van der Waals surface area contributed by atoms with Crippen molar-refractivity contribution < 1.29 is 23.9 Å². The molecule has 5 rings (SSSR count). The van der Waals surface area contributed by atoms with Crippen LogP contribution in [0, 0.1) is 5.92 Å². The number of carbonyl (C=O) groups excluding carboxylic acids is 3. The third kappa shape index (κ3) is 13.9. The van der Waals surface area contributed by atoms with Crippen molar-refractivity contribution in [2.45, 2.75) is 83.5 Å². The Bertz CT molecular complexity index is 1700. The molecule has 1 saturated heterocycles. The standard InChI is InChI=1S/C41H54N6O5S2/c1-30(2)39-43-35(28-53-39)26-46(3)40(49)45-37(16-17-47-18-20-51-21-19-47)38(48)24-33(22-31-10-6-4-7-11-31)14-15-34(23-32-12-8-5-9-13-32)44-41(50)52-27-36-25-42-29-54-36/h4-13,25,28-30,33-34,37H,14-24,26-27H2,1-3H3,(H,44,50)(H,45,49)/t33?,34?,37-/m0/s1. The SMILES string of the molecule is CC(C)c1nc(CN(C)C(=O)N[C@@H](CCN2CCOCC2)C(=O)CC(CCC(Cc2ccccc2)NC(=O)OCc2cncs2)Cc2ccccc2)cs1. The number of thiazole rings is 2. The number of alkyl carbamates (subject to hydrolysis) is 1. The Kier molecular flexibility index (Phi) is 16.4. The number of ketones is 1. The first-order valence-corrected chi connectivity index (χ1v) is 20.6. The number of carbonyl (C=O) groups is 3. The number of ether oxygens (including phenoxy) is 2. The molecule has 0 radical (unpaired) electrons. The van der Waals surface area contributed by atoms with E-state index in [1.54, 1.807) is 35.0 Å². The van der Waals surface area contributed by atoms with Crippen molar-refractivity contribution in [1.29, 1.82) is 0 Å². The van der Waals surface area contributed by atoms with E-state index in [0.717, 1.165) is 39.8 Å². The maximum Gasteiger partial charge on any atom is 0.407 e. The van der Waals surface area contributed by atoms with Crippen LogP contribution in [0.5, 0.6) is 0 Å². The number of nitrogens with zero attached hydrogens (tertiary/aromatic N) is 4. The van der Waals surface area contributed by atoms with Gasteiger partial charge in [0.05, 0.1) is 46.9 Å². The summed E-state index contributed by atoms with van der Waals surface area (Å²) >= 11 is 3.04. The minimum atomic E-state index is -0.650. The molecule has 0 bridgehead atoms. The largest absolute Gasteiger partial charge is 0.444 e. The molecule has 4 aromatic rings. The highest BCUT2D eigenvalue weighted by Gasteiger charge is 2.28. The number of rotatable bonds is 20. The number of nitrogens with one attached hydrogen (secondary N) is 2. The zero-order valence-corrected chi connectivity index (χ0v) is 33.3. The predicted molar refractivity (Wildman–Crippen MR) is 214 cm³/mol. The highest BCUT2D eigenvalue weighted by molar-refractivity contribution is 7.09. The second-order valence-electron chi connectivity index (χ2n) is 14.3. The molecule has 0 saturated carbocycles. The number of urea groups is 1. The van der Waals surface area contributed by atoms with Crippen molar-refractivity contribution in [3.8, 4) is 0 Å². The Morgan fingerprint density at radius 3 is 2.28 bits per heavy atom. The van der Waals surface area contributed by atoms with Gasteiger partial charge in [0.25, 0.3) is 0 Å². The quantitative estimate of drug-likeness (QED) is 0.0976. The summed E-state index contributed by atoms with van der Waals surface area (Å²) in [4.78, 5) is 54.5. The maximum absolute atomic E-state index is 14.3. The highest BCUT2D eigenvalue weighted by atomic mass is 32.1. The van der Waals surface area contributed by atoms with E-state index in [1.807, 2.05) is 41.8 Å². The van der Waals surface area contributed by atoms with Crippen molar-refractivity contribution in [3.63, 3.8) is 0 Å². The summed E-state index contributed by atoms with van der Waals surface area (Å²) in [6, 6.07) is 19.1. The molecule has 13 heteroatoms. The second-order valence-corrected chi connectivity index (χ2v) is 16.2. The Hall–Kier alpha value is -4.17. The van der Waals surface area contributed by atoms with Gasteiger partial charge in [-0.1, -0.05) is 74.5 Å². The molecule has 2 aromatic heterocycles. The molecule has 1 aliphatic heterocycles. The molecular formula is C41H54N6O5S2. The molecule has 3 atom stereocenters. The van der Waals surface area contributed by atoms with E-state index < -0.39 is 12.1 Å². The van der Waals surface area contributed by atoms with E-state index in [4.69, 9.17) is 14.5 Å². The molecule has 3 heterocycles. The summed E-state index contributed by atoms with van der Waals surface area (Å²) in [6.07, 6.45) is 4.69. The zero-order chi connectivity index (χ0) is 38.1. The van der Waals surface area contributed by atoms with Gasteiger partial charge in [0.1, 0.15) is 6.61 Å². The fourth-order valence-corrected chi connectivity index (χ4v) is 7.89. The molecule has 2 unspecified atom stereocenters. The lowest BCUT2D eigenvalue weighted by molar-refractivity contribution is -0.122. The van der Waals surface area contributed by atoms with Gasteiger partial charge in [0, 0.05) is 56.6 Å². The first-order valence-electron chi connectivity index (χ1n) is 18.9. The molecule has 0 aliphatic carbocycles. The smallest absolute Gasteiger partial charge is 0.407 e. The Balaban J connectivity index is 1.28. The summed E-state index contributed by atoms with van der Waals surface area (Å²) in [7, 11) is 1.74. The molecule has 11 nitrogen and oxygen atoms in total. The summed E-state index contributed by atoms with van der Waals surface area (Å²) in [5, 5.41) is 9.24. The number of hydrogen-bond acceptors (Lipinski definition) is 10. The number of aromatic nitrogens is 2. The van der Waals surface area contributed by atoms with Crippen LogP contribution >= 0.6 is 22.7 Å². The van der Waals surface area contributed by atoms with E-state index in [2.05, 4.69) is 58.6 Å². The predicted octanol–water partition coefficient (Wildman–Crippen LogP) is 7.09. The Labute approximate surface area is 327 Å². The van der Waals surface area contributed by atoms with Crippen molar-refractivity contribution in [2.24, 2.45) is 5.92 Å². The van der Waals surface area contributed by atoms with Crippen LogP contribution in [0.1, 0.15) is 72.2 Å². The number of morpholine rings is 1. The zero-order valence-electron chi connectivity index (χ0n) is 31.7. The van der Waals surface area contributed by atoms with E-state index >= 15 is 0 Å². The first-order chi connectivity index (χ1) is 26.2. The van der Waals surface area contributed by atoms with Gasteiger partial charge in [0.2, 0.25) is 0 Å². The topological polar surface area (TPSA) is 126 Å². The fraction of sp³-hybridized carbons (Fsp3) is 0.488.